The number of rotatable bonds is 5. The minimum Gasteiger partial charge on any atom is -0.464 e. The number of carbonyl (C=O) groups excluding carboxylic acids is 1. The van der Waals surface area contributed by atoms with Gasteiger partial charge in [0.25, 0.3) is 0 Å². The first-order valence-electron chi connectivity index (χ1n) is 5.34. The number of hydrogen-bond donors (Lipinski definition) is 0. The van der Waals surface area contributed by atoms with Gasteiger partial charge >= 0.3 is 5.97 Å². The Morgan fingerprint density at radius 3 is 2.87 bits per heavy atom. The minimum atomic E-state index is -0.318. The van der Waals surface area contributed by atoms with Crippen LogP contribution in [0, 0.1) is 0 Å². The predicted octanol–water partition coefficient (Wildman–Crippen LogP) is 2.42. The lowest BCUT2D eigenvalue weighted by Gasteiger charge is -2.17. The molecular weight excluding hydrogens is 192 g/mol. The molecule has 0 N–H and O–H groups in total. The van der Waals surface area contributed by atoms with Crippen LogP contribution in [0.4, 0.5) is 0 Å². The molecule has 4 heteroatoms. The van der Waals surface area contributed by atoms with E-state index in [9.17, 15) is 4.79 Å². The van der Waals surface area contributed by atoms with Gasteiger partial charge in [-0.15, -0.1) is 0 Å². The summed E-state index contributed by atoms with van der Waals surface area (Å²) in [6, 6.07) is 0.339. The Kier molecular flexibility index (Phi) is 4.34. The maximum atomic E-state index is 11.4. The van der Waals surface area contributed by atoms with Crippen LogP contribution >= 0.6 is 0 Å². The number of ether oxygens (including phenoxy) is 1. The van der Waals surface area contributed by atoms with Crippen molar-refractivity contribution < 1.29 is 9.53 Å². The second-order valence-electron chi connectivity index (χ2n) is 3.53. The zero-order valence-electron chi connectivity index (χ0n) is 9.56. The maximum Gasteiger partial charge on any atom is 0.356 e. The third-order valence-electron chi connectivity index (χ3n) is 2.55. The largest absolute Gasteiger partial charge is 0.464 e. The molecule has 0 fully saturated rings. The average Bonchev–Trinajstić information content (AvgIpc) is 2.73. The lowest BCUT2D eigenvalue weighted by Crippen LogP contribution is -2.15. The van der Waals surface area contributed by atoms with E-state index < -0.39 is 0 Å². The molecule has 0 aliphatic carbocycles. The van der Waals surface area contributed by atoms with Crippen LogP contribution in [-0.4, -0.2) is 22.6 Å². The van der Waals surface area contributed by atoms with E-state index in [4.69, 9.17) is 4.74 Å². The summed E-state index contributed by atoms with van der Waals surface area (Å²) >= 11 is 0. The van der Waals surface area contributed by atoms with Gasteiger partial charge < -0.3 is 9.30 Å². The van der Waals surface area contributed by atoms with Crippen molar-refractivity contribution >= 4 is 5.97 Å². The van der Waals surface area contributed by atoms with Crippen LogP contribution in [0.5, 0.6) is 0 Å². The summed E-state index contributed by atoms with van der Waals surface area (Å²) in [7, 11) is 1.39. The van der Waals surface area contributed by atoms with Crippen molar-refractivity contribution in [1.29, 1.82) is 0 Å². The summed E-state index contributed by atoms with van der Waals surface area (Å²) in [5, 5.41) is 0. The van der Waals surface area contributed by atoms with Gasteiger partial charge in [0.1, 0.15) is 5.69 Å². The van der Waals surface area contributed by atoms with E-state index in [1.165, 1.54) is 7.11 Å². The van der Waals surface area contributed by atoms with Crippen LogP contribution in [0.15, 0.2) is 12.5 Å². The molecule has 0 bridgehead atoms. The number of imidazole rings is 1. The van der Waals surface area contributed by atoms with E-state index in [0.29, 0.717) is 11.7 Å². The molecule has 4 nitrogen and oxygen atoms in total. The molecule has 0 amide bonds. The third-order valence-corrected chi connectivity index (χ3v) is 2.55. The van der Waals surface area contributed by atoms with E-state index >= 15 is 0 Å². The first kappa shape index (κ1) is 11.8. The fraction of sp³-hybridized carbons (Fsp3) is 0.636. The zero-order chi connectivity index (χ0) is 11.3. The molecule has 15 heavy (non-hydrogen) atoms. The molecule has 0 aromatic carbocycles. The molecule has 1 aromatic heterocycles. The molecule has 1 aromatic rings. The molecule has 0 spiro atoms. The van der Waals surface area contributed by atoms with Gasteiger partial charge in [0.15, 0.2) is 0 Å². The van der Waals surface area contributed by atoms with Crippen LogP contribution in [0.2, 0.25) is 0 Å². The van der Waals surface area contributed by atoms with E-state index in [2.05, 4.69) is 18.8 Å². The Morgan fingerprint density at radius 2 is 2.33 bits per heavy atom. The van der Waals surface area contributed by atoms with Gasteiger partial charge in [-0.3, -0.25) is 0 Å². The average molecular weight is 210 g/mol. The quantitative estimate of drug-likeness (QED) is 0.701. The molecular formula is C11H18N2O2. The highest BCUT2D eigenvalue weighted by atomic mass is 16.5. The van der Waals surface area contributed by atoms with Gasteiger partial charge in [-0.2, -0.15) is 0 Å². The molecule has 0 saturated heterocycles. The van der Waals surface area contributed by atoms with Crippen LogP contribution < -0.4 is 0 Å². The Bertz CT molecular complexity index is 320. The molecule has 1 rings (SSSR count). The highest BCUT2D eigenvalue weighted by molar-refractivity contribution is 5.87. The molecule has 0 radical (unpaired) electrons. The zero-order valence-corrected chi connectivity index (χ0v) is 9.56. The molecule has 84 valence electrons. The number of nitrogens with zero attached hydrogens (tertiary/aromatic N) is 2. The summed E-state index contributed by atoms with van der Waals surface area (Å²) in [6.07, 6.45) is 6.41. The van der Waals surface area contributed by atoms with Crippen molar-refractivity contribution in [2.24, 2.45) is 0 Å². The van der Waals surface area contributed by atoms with Crippen LogP contribution in [0.1, 0.15) is 49.6 Å². The van der Waals surface area contributed by atoms with Crippen molar-refractivity contribution in [2.45, 2.75) is 39.2 Å². The Labute approximate surface area is 90.3 Å². The van der Waals surface area contributed by atoms with Gasteiger partial charge in [-0.25, -0.2) is 9.78 Å². The van der Waals surface area contributed by atoms with Crippen molar-refractivity contribution in [3.05, 3.63) is 18.2 Å². The normalized spacial score (nSPS) is 12.5. The standard InChI is InChI=1S/C11H18N2O2/c1-4-6-9(5-2)13-8-12-7-10(13)11(14)15-3/h7-9H,4-6H2,1-3H3. The second-order valence-corrected chi connectivity index (χ2v) is 3.53. The molecule has 1 heterocycles. The second kappa shape index (κ2) is 5.53. The van der Waals surface area contributed by atoms with Gasteiger partial charge in [0, 0.05) is 6.04 Å². The van der Waals surface area contributed by atoms with Gasteiger partial charge in [0.2, 0.25) is 0 Å². The number of methoxy groups -OCH3 is 1. The summed E-state index contributed by atoms with van der Waals surface area (Å²) in [5.74, 6) is -0.318. The highest BCUT2D eigenvalue weighted by Gasteiger charge is 2.17. The first-order valence-corrected chi connectivity index (χ1v) is 5.34. The number of hydrogen-bond acceptors (Lipinski definition) is 3. The van der Waals surface area contributed by atoms with Crippen LogP contribution in [0.3, 0.4) is 0 Å². The summed E-state index contributed by atoms with van der Waals surface area (Å²) < 4.78 is 6.62. The third kappa shape index (κ3) is 2.58. The van der Waals surface area contributed by atoms with Crippen molar-refractivity contribution in [3.8, 4) is 0 Å². The summed E-state index contributed by atoms with van der Waals surface area (Å²) in [5.41, 5.74) is 0.540. The van der Waals surface area contributed by atoms with Crippen LogP contribution in [0.25, 0.3) is 0 Å². The number of carbonyl (C=O) groups is 1. The number of aromatic nitrogens is 2. The summed E-state index contributed by atoms with van der Waals surface area (Å²) in [6.45, 7) is 4.25. The van der Waals surface area contributed by atoms with E-state index in [1.54, 1.807) is 12.5 Å². The van der Waals surface area contributed by atoms with E-state index in [-0.39, 0.29) is 5.97 Å². The molecule has 0 saturated carbocycles. The Morgan fingerprint density at radius 1 is 1.60 bits per heavy atom. The summed E-state index contributed by atoms with van der Waals surface area (Å²) in [4.78, 5) is 15.4. The minimum absolute atomic E-state index is 0.318. The predicted molar refractivity (Wildman–Crippen MR) is 57.8 cm³/mol. The smallest absolute Gasteiger partial charge is 0.356 e. The molecule has 0 aliphatic rings. The Hall–Kier alpha value is -1.32. The molecule has 1 atom stereocenters. The van der Waals surface area contributed by atoms with Crippen molar-refractivity contribution in [1.82, 2.24) is 9.55 Å². The molecule has 1 unspecified atom stereocenters. The van der Waals surface area contributed by atoms with Crippen molar-refractivity contribution in [2.75, 3.05) is 7.11 Å². The van der Waals surface area contributed by atoms with Gasteiger partial charge in [-0.1, -0.05) is 20.3 Å². The lowest BCUT2D eigenvalue weighted by atomic mass is 10.1. The SMILES string of the molecule is CCCC(CC)n1cncc1C(=O)OC. The van der Waals surface area contributed by atoms with Crippen molar-refractivity contribution in [3.63, 3.8) is 0 Å². The van der Waals surface area contributed by atoms with E-state index in [1.807, 2.05) is 4.57 Å². The first-order chi connectivity index (χ1) is 7.24. The number of esters is 1. The maximum absolute atomic E-state index is 11.4. The fourth-order valence-corrected chi connectivity index (χ4v) is 1.73. The fourth-order valence-electron chi connectivity index (χ4n) is 1.73. The monoisotopic (exact) mass is 210 g/mol. The highest BCUT2D eigenvalue weighted by Crippen LogP contribution is 2.20. The van der Waals surface area contributed by atoms with Crippen LogP contribution in [-0.2, 0) is 4.74 Å². The topological polar surface area (TPSA) is 44.1 Å². The van der Waals surface area contributed by atoms with Gasteiger partial charge in [0.05, 0.1) is 19.6 Å². The Balaban J connectivity index is 2.91. The lowest BCUT2D eigenvalue weighted by molar-refractivity contribution is 0.0585. The van der Waals surface area contributed by atoms with Gasteiger partial charge in [-0.05, 0) is 12.8 Å². The molecule has 0 aliphatic heterocycles. The van der Waals surface area contributed by atoms with E-state index in [0.717, 1.165) is 19.3 Å².